The van der Waals surface area contributed by atoms with Crippen molar-refractivity contribution in [1.29, 1.82) is 0 Å². The summed E-state index contributed by atoms with van der Waals surface area (Å²) in [4.78, 5) is 11.0. The molecule has 0 heterocycles. The fourth-order valence-electron chi connectivity index (χ4n) is 1.42. The van der Waals surface area contributed by atoms with Gasteiger partial charge in [0.05, 0.1) is 12.7 Å². The number of aliphatic hydroxyl groups is 2. The smallest absolute Gasteiger partial charge is 0.344 e. The highest BCUT2D eigenvalue weighted by Crippen LogP contribution is 2.23. The number of carbonyl (C=O) groups is 1. The van der Waals surface area contributed by atoms with Gasteiger partial charge in [0.1, 0.15) is 5.75 Å². The molecule has 0 aliphatic heterocycles. The van der Waals surface area contributed by atoms with Crippen LogP contribution in [0.4, 0.5) is 0 Å². The Kier molecular flexibility index (Phi) is 5.40. The minimum atomic E-state index is -1.22. The van der Waals surface area contributed by atoms with Crippen molar-refractivity contribution in [2.24, 2.45) is 0 Å². The quantitative estimate of drug-likeness (QED) is 0.726. The Morgan fingerprint density at radius 2 is 2.17 bits per heavy atom. The van der Waals surface area contributed by atoms with E-state index in [0.717, 1.165) is 0 Å². The summed E-state index contributed by atoms with van der Waals surface area (Å²) in [5.74, 6) is -0.811. The standard InChI is InChI=1S/C12H15ClO5/c1-7-4-8(13)2-3-10(7)18-11(12(16)17)5-9(15)6-14/h2-4,9,11,14-15H,5-6H2,1H3,(H,16,17). The maximum absolute atomic E-state index is 11.0. The number of aliphatic hydroxyl groups excluding tert-OH is 2. The van der Waals surface area contributed by atoms with Crippen LogP contribution >= 0.6 is 11.6 Å². The maximum atomic E-state index is 11.0. The van der Waals surface area contributed by atoms with Gasteiger partial charge in [0.25, 0.3) is 0 Å². The van der Waals surface area contributed by atoms with E-state index in [9.17, 15) is 9.90 Å². The van der Waals surface area contributed by atoms with Crippen LogP contribution in [0.5, 0.6) is 5.75 Å². The maximum Gasteiger partial charge on any atom is 0.344 e. The van der Waals surface area contributed by atoms with Crippen molar-refractivity contribution in [1.82, 2.24) is 0 Å². The van der Waals surface area contributed by atoms with Crippen molar-refractivity contribution >= 4 is 17.6 Å². The van der Waals surface area contributed by atoms with Gasteiger partial charge in [0.15, 0.2) is 6.10 Å². The summed E-state index contributed by atoms with van der Waals surface area (Å²) in [6, 6.07) is 4.81. The fourth-order valence-corrected chi connectivity index (χ4v) is 1.65. The van der Waals surface area contributed by atoms with Gasteiger partial charge in [-0.25, -0.2) is 4.79 Å². The number of hydrogen-bond acceptors (Lipinski definition) is 4. The monoisotopic (exact) mass is 274 g/mol. The normalized spacial score (nSPS) is 14.0. The van der Waals surface area contributed by atoms with E-state index in [-0.39, 0.29) is 6.42 Å². The van der Waals surface area contributed by atoms with Crippen LogP contribution in [-0.4, -0.2) is 40.1 Å². The Morgan fingerprint density at radius 3 is 2.67 bits per heavy atom. The van der Waals surface area contributed by atoms with E-state index >= 15 is 0 Å². The molecule has 5 nitrogen and oxygen atoms in total. The molecule has 3 N–H and O–H groups in total. The minimum Gasteiger partial charge on any atom is -0.479 e. The Hall–Kier alpha value is -1.30. The SMILES string of the molecule is Cc1cc(Cl)ccc1OC(CC(O)CO)C(=O)O. The first-order chi connectivity index (χ1) is 8.43. The lowest BCUT2D eigenvalue weighted by Gasteiger charge is -2.18. The summed E-state index contributed by atoms with van der Waals surface area (Å²) in [6.45, 7) is 1.23. The van der Waals surface area contributed by atoms with E-state index in [1.165, 1.54) is 0 Å². The van der Waals surface area contributed by atoms with E-state index < -0.39 is 24.8 Å². The van der Waals surface area contributed by atoms with Crippen LogP contribution in [0.3, 0.4) is 0 Å². The van der Waals surface area contributed by atoms with Gasteiger partial charge in [-0.2, -0.15) is 0 Å². The number of benzene rings is 1. The average Bonchev–Trinajstić information content (AvgIpc) is 2.30. The van der Waals surface area contributed by atoms with Gasteiger partial charge in [-0.1, -0.05) is 11.6 Å². The molecule has 1 aromatic rings. The van der Waals surface area contributed by atoms with Crippen LogP contribution < -0.4 is 4.74 Å². The molecule has 0 fully saturated rings. The lowest BCUT2D eigenvalue weighted by atomic mass is 10.1. The molecule has 0 aromatic heterocycles. The molecule has 0 saturated heterocycles. The largest absolute Gasteiger partial charge is 0.479 e. The number of carboxylic acids is 1. The molecule has 2 atom stereocenters. The summed E-state index contributed by atoms with van der Waals surface area (Å²) in [5, 5.41) is 27.5. The van der Waals surface area contributed by atoms with Crippen molar-refractivity contribution in [2.45, 2.75) is 25.6 Å². The summed E-state index contributed by atoms with van der Waals surface area (Å²) in [5.41, 5.74) is 0.701. The number of halogens is 1. The third-order valence-electron chi connectivity index (χ3n) is 2.38. The molecule has 100 valence electrons. The third-order valence-corrected chi connectivity index (χ3v) is 2.61. The van der Waals surface area contributed by atoms with Crippen LogP contribution in [0.1, 0.15) is 12.0 Å². The van der Waals surface area contributed by atoms with E-state index in [0.29, 0.717) is 16.3 Å². The Bertz CT molecular complexity index is 421. The van der Waals surface area contributed by atoms with Crippen LogP contribution in [0.2, 0.25) is 5.02 Å². The van der Waals surface area contributed by atoms with Crippen molar-refractivity contribution in [3.8, 4) is 5.75 Å². The first-order valence-electron chi connectivity index (χ1n) is 5.38. The van der Waals surface area contributed by atoms with Crippen molar-refractivity contribution in [3.05, 3.63) is 28.8 Å². The summed E-state index contributed by atoms with van der Waals surface area (Å²) in [7, 11) is 0. The van der Waals surface area contributed by atoms with Crippen LogP contribution in [0.15, 0.2) is 18.2 Å². The van der Waals surface area contributed by atoms with Gasteiger partial charge in [-0.3, -0.25) is 0 Å². The number of carboxylic acid groups (broad SMARTS) is 1. The Labute approximate surface area is 110 Å². The number of hydrogen-bond donors (Lipinski definition) is 3. The van der Waals surface area contributed by atoms with Crippen molar-refractivity contribution in [3.63, 3.8) is 0 Å². The molecular formula is C12H15ClO5. The van der Waals surface area contributed by atoms with Crippen LogP contribution in [0.25, 0.3) is 0 Å². The Balaban J connectivity index is 2.80. The van der Waals surface area contributed by atoms with E-state index in [4.69, 9.17) is 26.6 Å². The molecule has 6 heteroatoms. The molecule has 18 heavy (non-hydrogen) atoms. The molecule has 1 rings (SSSR count). The lowest BCUT2D eigenvalue weighted by molar-refractivity contribution is -0.146. The first kappa shape index (κ1) is 14.8. The highest BCUT2D eigenvalue weighted by atomic mass is 35.5. The molecule has 0 aliphatic carbocycles. The van der Waals surface area contributed by atoms with E-state index in [1.54, 1.807) is 25.1 Å². The Morgan fingerprint density at radius 1 is 1.50 bits per heavy atom. The van der Waals surface area contributed by atoms with Crippen molar-refractivity contribution < 1.29 is 24.9 Å². The molecule has 2 unspecified atom stereocenters. The van der Waals surface area contributed by atoms with Gasteiger partial charge < -0.3 is 20.1 Å². The highest BCUT2D eigenvalue weighted by Gasteiger charge is 2.23. The number of aryl methyl sites for hydroxylation is 1. The average molecular weight is 275 g/mol. The zero-order chi connectivity index (χ0) is 13.7. The highest BCUT2D eigenvalue weighted by molar-refractivity contribution is 6.30. The molecule has 0 aliphatic rings. The second-order valence-electron chi connectivity index (χ2n) is 3.93. The number of ether oxygens (including phenoxy) is 1. The summed E-state index contributed by atoms with van der Waals surface area (Å²) in [6.07, 6.45) is -2.53. The fraction of sp³-hybridized carbons (Fsp3) is 0.417. The molecule has 0 amide bonds. The second-order valence-corrected chi connectivity index (χ2v) is 4.36. The predicted octanol–water partition coefficient (Wildman–Crippen LogP) is 1.22. The van der Waals surface area contributed by atoms with Gasteiger partial charge >= 0.3 is 5.97 Å². The minimum absolute atomic E-state index is 0.187. The molecule has 0 saturated carbocycles. The number of rotatable bonds is 6. The van der Waals surface area contributed by atoms with Gasteiger partial charge in [-0.05, 0) is 30.7 Å². The van der Waals surface area contributed by atoms with Crippen LogP contribution in [-0.2, 0) is 4.79 Å². The third kappa shape index (κ3) is 4.18. The lowest BCUT2D eigenvalue weighted by Crippen LogP contribution is -2.32. The van der Waals surface area contributed by atoms with E-state index in [1.807, 2.05) is 0 Å². The molecular weight excluding hydrogens is 260 g/mol. The van der Waals surface area contributed by atoms with Gasteiger partial charge in [0.2, 0.25) is 0 Å². The molecule has 0 bridgehead atoms. The van der Waals surface area contributed by atoms with Crippen LogP contribution in [0, 0.1) is 6.92 Å². The second kappa shape index (κ2) is 6.58. The van der Waals surface area contributed by atoms with Gasteiger partial charge in [0, 0.05) is 11.4 Å². The zero-order valence-electron chi connectivity index (χ0n) is 9.84. The first-order valence-corrected chi connectivity index (χ1v) is 5.76. The van der Waals surface area contributed by atoms with Gasteiger partial charge in [-0.15, -0.1) is 0 Å². The number of aliphatic carboxylic acids is 1. The summed E-state index contributed by atoms with van der Waals surface area (Å²) < 4.78 is 5.30. The molecule has 0 radical (unpaired) electrons. The zero-order valence-corrected chi connectivity index (χ0v) is 10.6. The molecule has 1 aromatic carbocycles. The predicted molar refractivity (Wildman–Crippen MR) is 66.0 cm³/mol. The molecule has 0 spiro atoms. The van der Waals surface area contributed by atoms with E-state index in [2.05, 4.69) is 0 Å². The topological polar surface area (TPSA) is 87.0 Å². The summed E-state index contributed by atoms with van der Waals surface area (Å²) >= 11 is 5.78. The van der Waals surface area contributed by atoms with Crippen molar-refractivity contribution in [2.75, 3.05) is 6.61 Å².